The molecule has 1 N–H and O–H groups in total. The monoisotopic (exact) mass is 432 g/mol. The molecule has 162 valence electrons. The molecule has 4 rings (SSSR count). The molecule has 0 aromatic heterocycles. The van der Waals surface area contributed by atoms with Crippen molar-refractivity contribution in [3.05, 3.63) is 150 Å². The number of rotatable bonds is 6. The lowest BCUT2D eigenvalue weighted by atomic mass is 10.1. The maximum Gasteiger partial charge on any atom is 0.189 e. The van der Waals surface area contributed by atoms with E-state index in [0.29, 0.717) is 5.56 Å². The van der Waals surface area contributed by atoms with E-state index < -0.39 is 0 Å². The minimum atomic E-state index is -0.202. The molecule has 0 spiro atoms. The first-order chi connectivity index (χ1) is 16.1. The van der Waals surface area contributed by atoms with Crippen molar-refractivity contribution in [2.75, 3.05) is 0 Å². The fraction of sp³-hybridized carbons (Fsp3) is 0. The number of hydrogen-bond acceptors (Lipinski definition) is 3. The number of phenols is 1. The fourth-order valence-corrected chi connectivity index (χ4v) is 2.94. The lowest BCUT2D eigenvalue weighted by molar-refractivity contribution is 0.103. The number of carbonyl (C=O) groups is 2. The van der Waals surface area contributed by atoms with E-state index >= 15 is 0 Å². The topological polar surface area (TPSA) is 54.4 Å². The van der Waals surface area contributed by atoms with Gasteiger partial charge in [-0.05, 0) is 35.4 Å². The number of hydrogen-bond donors (Lipinski definition) is 1. The van der Waals surface area contributed by atoms with Crippen LogP contribution >= 0.6 is 0 Å². The van der Waals surface area contributed by atoms with Gasteiger partial charge in [-0.1, -0.05) is 115 Å². The van der Waals surface area contributed by atoms with Gasteiger partial charge in [0.25, 0.3) is 0 Å². The van der Waals surface area contributed by atoms with Gasteiger partial charge >= 0.3 is 0 Å². The third-order valence-electron chi connectivity index (χ3n) is 4.68. The van der Waals surface area contributed by atoms with Crippen LogP contribution in [0.3, 0.4) is 0 Å². The second-order valence-corrected chi connectivity index (χ2v) is 7.10. The molecule has 0 fully saturated rings. The third-order valence-corrected chi connectivity index (χ3v) is 4.68. The summed E-state index contributed by atoms with van der Waals surface area (Å²) in [4.78, 5) is 23.5. The molecule has 4 aromatic rings. The molecule has 0 aliphatic rings. The van der Waals surface area contributed by atoms with E-state index in [2.05, 4.69) is 0 Å². The molecule has 0 aliphatic heterocycles. The Morgan fingerprint density at radius 1 is 0.515 bits per heavy atom. The van der Waals surface area contributed by atoms with Crippen LogP contribution in [0.4, 0.5) is 0 Å². The number of para-hydroxylation sites is 1. The van der Waals surface area contributed by atoms with Gasteiger partial charge in [0, 0.05) is 5.56 Å². The number of benzene rings is 4. The van der Waals surface area contributed by atoms with Crippen molar-refractivity contribution in [2.45, 2.75) is 0 Å². The largest absolute Gasteiger partial charge is 0.507 e. The minimum absolute atomic E-state index is 0.00946. The van der Waals surface area contributed by atoms with Crippen molar-refractivity contribution in [3.63, 3.8) is 0 Å². The predicted octanol–water partition coefficient (Wildman–Crippen LogP) is 6.87. The fourth-order valence-electron chi connectivity index (χ4n) is 2.94. The molecular weight excluding hydrogens is 408 g/mol. The van der Waals surface area contributed by atoms with Gasteiger partial charge in [-0.15, -0.1) is 0 Å². The van der Waals surface area contributed by atoms with E-state index in [4.69, 9.17) is 0 Å². The van der Waals surface area contributed by atoms with E-state index in [0.717, 1.165) is 16.7 Å². The molecule has 0 atom stereocenters. The lowest BCUT2D eigenvalue weighted by Gasteiger charge is -1.98. The summed E-state index contributed by atoms with van der Waals surface area (Å²) in [5.74, 6) is -0.161. The highest BCUT2D eigenvalue weighted by Crippen LogP contribution is 2.17. The number of carbonyl (C=O) groups excluding carboxylic acids is 2. The molecule has 0 aliphatic carbocycles. The SMILES string of the molecule is O=C(C=Cc1ccccc1)c1ccccc1.O=C(C=Cc1ccccc1)c1ccccc1O. The second kappa shape index (κ2) is 12.4. The Morgan fingerprint density at radius 3 is 1.45 bits per heavy atom. The molecule has 0 saturated heterocycles. The number of aromatic hydroxyl groups is 1. The maximum absolute atomic E-state index is 11.8. The van der Waals surface area contributed by atoms with E-state index in [1.807, 2.05) is 97.1 Å². The van der Waals surface area contributed by atoms with Crippen molar-refractivity contribution in [3.8, 4) is 5.75 Å². The molecule has 0 radical (unpaired) electrons. The van der Waals surface area contributed by atoms with Gasteiger partial charge in [-0.2, -0.15) is 0 Å². The average molecular weight is 433 g/mol. The molecule has 0 unspecified atom stereocenters. The lowest BCUT2D eigenvalue weighted by Crippen LogP contribution is -1.93. The first-order valence-corrected chi connectivity index (χ1v) is 10.5. The van der Waals surface area contributed by atoms with E-state index in [1.165, 1.54) is 12.1 Å². The van der Waals surface area contributed by atoms with Gasteiger partial charge in [-0.25, -0.2) is 0 Å². The molecule has 3 heteroatoms. The molecule has 33 heavy (non-hydrogen) atoms. The summed E-state index contributed by atoms with van der Waals surface area (Å²) in [5.41, 5.74) is 3.03. The molecule has 0 amide bonds. The first kappa shape index (κ1) is 23.2. The Bertz CT molecular complexity index is 1230. The van der Waals surface area contributed by atoms with Crippen molar-refractivity contribution in [1.82, 2.24) is 0 Å². The van der Waals surface area contributed by atoms with Crippen molar-refractivity contribution < 1.29 is 14.7 Å². The van der Waals surface area contributed by atoms with Crippen LogP contribution in [0, 0.1) is 0 Å². The van der Waals surface area contributed by atoms with Gasteiger partial charge in [0.05, 0.1) is 5.56 Å². The summed E-state index contributed by atoms with van der Waals surface area (Å²) >= 11 is 0. The summed E-state index contributed by atoms with van der Waals surface area (Å²) in [7, 11) is 0. The van der Waals surface area contributed by atoms with Crippen LogP contribution < -0.4 is 0 Å². The zero-order chi connectivity index (χ0) is 23.3. The van der Waals surface area contributed by atoms with Gasteiger partial charge in [-0.3, -0.25) is 9.59 Å². The Morgan fingerprint density at radius 2 is 0.939 bits per heavy atom. The van der Waals surface area contributed by atoms with E-state index in [1.54, 1.807) is 30.4 Å². The number of ketones is 2. The number of phenolic OH excluding ortho intramolecular Hbond substituents is 1. The van der Waals surface area contributed by atoms with E-state index in [-0.39, 0.29) is 17.3 Å². The van der Waals surface area contributed by atoms with Gasteiger partial charge in [0.1, 0.15) is 5.75 Å². The van der Waals surface area contributed by atoms with Crippen molar-refractivity contribution >= 4 is 23.7 Å². The Kier molecular flexibility index (Phi) is 8.69. The number of allylic oxidation sites excluding steroid dienone is 2. The maximum atomic E-state index is 11.8. The van der Waals surface area contributed by atoms with Gasteiger partial charge in [0.15, 0.2) is 11.6 Å². The van der Waals surface area contributed by atoms with Crippen LogP contribution in [-0.2, 0) is 0 Å². The molecule has 0 bridgehead atoms. The molecular formula is C30H24O3. The third kappa shape index (κ3) is 7.60. The van der Waals surface area contributed by atoms with Crippen LogP contribution in [0.15, 0.2) is 127 Å². The van der Waals surface area contributed by atoms with Crippen LogP contribution in [-0.4, -0.2) is 16.7 Å². The van der Waals surface area contributed by atoms with Crippen LogP contribution in [0.5, 0.6) is 5.75 Å². The van der Waals surface area contributed by atoms with Crippen molar-refractivity contribution in [1.29, 1.82) is 0 Å². The smallest absolute Gasteiger partial charge is 0.189 e. The summed E-state index contributed by atoms with van der Waals surface area (Å²) in [6, 6.07) is 35.1. The highest BCUT2D eigenvalue weighted by atomic mass is 16.3. The Hall–Kier alpha value is -4.50. The quantitative estimate of drug-likeness (QED) is 0.267. The van der Waals surface area contributed by atoms with Crippen LogP contribution in [0.2, 0.25) is 0 Å². The van der Waals surface area contributed by atoms with Crippen LogP contribution in [0.25, 0.3) is 12.2 Å². The van der Waals surface area contributed by atoms with Gasteiger partial charge < -0.3 is 5.11 Å². The average Bonchev–Trinajstić information content (AvgIpc) is 2.88. The standard InChI is InChI=1S/C15H12O2.C15H12O/c16-14-9-5-4-8-13(14)15(17)11-10-12-6-2-1-3-7-12;16-15(14-9-5-2-6-10-14)12-11-13-7-3-1-4-8-13/h1-11,16H;1-12H. The summed E-state index contributed by atoms with van der Waals surface area (Å²) < 4.78 is 0. The highest BCUT2D eigenvalue weighted by Gasteiger charge is 2.06. The normalized spacial score (nSPS) is 10.5. The predicted molar refractivity (Wildman–Crippen MR) is 134 cm³/mol. The zero-order valence-electron chi connectivity index (χ0n) is 18.0. The highest BCUT2D eigenvalue weighted by molar-refractivity contribution is 6.08. The Balaban J connectivity index is 0.000000186. The second-order valence-electron chi connectivity index (χ2n) is 7.10. The molecule has 3 nitrogen and oxygen atoms in total. The van der Waals surface area contributed by atoms with Crippen LogP contribution in [0.1, 0.15) is 31.8 Å². The summed E-state index contributed by atoms with van der Waals surface area (Å²) in [5, 5.41) is 9.52. The van der Waals surface area contributed by atoms with Gasteiger partial charge in [0.2, 0.25) is 0 Å². The molecule has 0 saturated carbocycles. The zero-order valence-corrected chi connectivity index (χ0v) is 18.0. The van der Waals surface area contributed by atoms with E-state index in [9.17, 15) is 14.7 Å². The summed E-state index contributed by atoms with van der Waals surface area (Å²) in [6.45, 7) is 0. The molecule has 0 heterocycles. The molecule has 4 aromatic carbocycles. The Labute approximate surface area is 194 Å². The first-order valence-electron chi connectivity index (χ1n) is 10.5. The minimum Gasteiger partial charge on any atom is -0.507 e. The summed E-state index contributed by atoms with van der Waals surface area (Å²) in [6.07, 6.45) is 6.62. The van der Waals surface area contributed by atoms with Crippen molar-refractivity contribution in [2.24, 2.45) is 0 Å².